The summed E-state index contributed by atoms with van der Waals surface area (Å²) < 4.78 is 15.5. The van der Waals surface area contributed by atoms with E-state index >= 15 is 0 Å². The first kappa shape index (κ1) is 18.3. The SMILES string of the molecule is CCC(CCCOCCOCCOC)(NC)C(=O)O. The molecule has 0 aromatic rings. The van der Waals surface area contributed by atoms with Crippen molar-refractivity contribution in [3.05, 3.63) is 0 Å². The van der Waals surface area contributed by atoms with Gasteiger partial charge in [-0.15, -0.1) is 0 Å². The molecule has 0 saturated heterocycles. The molecular weight excluding hydrogens is 250 g/mol. The molecule has 0 heterocycles. The number of rotatable bonds is 13. The van der Waals surface area contributed by atoms with E-state index in [0.29, 0.717) is 52.3 Å². The number of carbonyl (C=O) groups is 1. The quantitative estimate of drug-likeness (QED) is 0.487. The van der Waals surface area contributed by atoms with E-state index in [0.717, 1.165) is 0 Å². The summed E-state index contributed by atoms with van der Waals surface area (Å²) >= 11 is 0. The highest BCUT2D eigenvalue weighted by Gasteiger charge is 2.33. The largest absolute Gasteiger partial charge is 0.480 e. The number of carboxylic acid groups (broad SMARTS) is 1. The molecule has 0 aromatic carbocycles. The molecule has 19 heavy (non-hydrogen) atoms. The third-order valence-electron chi connectivity index (χ3n) is 3.19. The molecule has 0 bridgehead atoms. The number of carboxylic acids is 1. The Labute approximate surface area is 115 Å². The minimum absolute atomic E-state index is 0.523. The lowest BCUT2D eigenvalue weighted by molar-refractivity contribution is -0.145. The van der Waals surface area contributed by atoms with Crippen LogP contribution in [0, 0.1) is 0 Å². The zero-order valence-corrected chi connectivity index (χ0v) is 12.2. The Bertz CT molecular complexity index is 231. The minimum atomic E-state index is -0.835. The molecule has 0 aromatic heterocycles. The Hall–Kier alpha value is -0.690. The minimum Gasteiger partial charge on any atom is -0.480 e. The summed E-state index contributed by atoms with van der Waals surface area (Å²) in [6.45, 7) is 4.62. The lowest BCUT2D eigenvalue weighted by Gasteiger charge is -2.27. The molecule has 2 N–H and O–H groups in total. The molecule has 0 radical (unpaired) electrons. The van der Waals surface area contributed by atoms with Gasteiger partial charge in [0, 0.05) is 13.7 Å². The van der Waals surface area contributed by atoms with Gasteiger partial charge >= 0.3 is 5.97 Å². The average molecular weight is 277 g/mol. The Morgan fingerprint density at radius 1 is 1.16 bits per heavy atom. The Morgan fingerprint density at radius 3 is 2.21 bits per heavy atom. The van der Waals surface area contributed by atoms with E-state index in [2.05, 4.69) is 5.32 Å². The van der Waals surface area contributed by atoms with Crippen LogP contribution in [0.5, 0.6) is 0 Å². The van der Waals surface area contributed by atoms with Crippen molar-refractivity contribution in [1.82, 2.24) is 5.32 Å². The Kier molecular flexibility index (Phi) is 10.8. The topological polar surface area (TPSA) is 77.0 Å². The van der Waals surface area contributed by atoms with E-state index in [1.54, 1.807) is 14.2 Å². The van der Waals surface area contributed by atoms with Crippen LogP contribution in [0.1, 0.15) is 26.2 Å². The number of aliphatic carboxylic acids is 1. The van der Waals surface area contributed by atoms with Crippen LogP contribution >= 0.6 is 0 Å². The highest BCUT2D eigenvalue weighted by molar-refractivity contribution is 5.78. The molecule has 0 aliphatic heterocycles. The first-order chi connectivity index (χ1) is 9.13. The number of nitrogens with one attached hydrogen (secondary N) is 1. The highest BCUT2D eigenvalue weighted by atomic mass is 16.5. The van der Waals surface area contributed by atoms with Crippen LogP contribution in [-0.4, -0.2) is 63.8 Å². The van der Waals surface area contributed by atoms with E-state index in [4.69, 9.17) is 14.2 Å². The highest BCUT2D eigenvalue weighted by Crippen LogP contribution is 2.17. The maximum atomic E-state index is 11.2. The third-order valence-corrected chi connectivity index (χ3v) is 3.19. The van der Waals surface area contributed by atoms with Crippen molar-refractivity contribution >= 4 is 5.97 Å². The fourth-order valence-corrected chi connectivity index (χ4v) is 1.78. The van der Waals surface area contributed by atoms with E-state index in [1.807, 2.05) is 6.92 Å². The van der Waals surface area contributed by atoms with Crippen molar-refractivity contribution in [2.45, 2.75) is 31.7 Å². The fraction of sp³-hybridized carbons (Fsp3) is 0.923. The zero-order valence-electron chi connectivity index (χ0n) is 12.2. The van der Waals surface area contributed by atoms with Crippen molar-refractivity contribution in [2.24, 2.45) is 0 Å². The van der Waals surface area contributed by atoms with Gasteiger partial charge in [-0.2, -0.15) is 0 Å². The summed E-state index contributed by atoms with van der Waals surface area (Å²) in [5.74, 6) is -0.805. The monoisotopic (exact) mass is 277 g/mol. The van der Waals surface area contributed by atoms with Gasteiger partial charge in [-0.25, -0.2) is 0 Å². The normalized spacial score (nSPS) is 14.3. The maximum Gasteiger partial charge on any atom is 0.323 e. The van der Waals surface area contributed by atoms with Crippen LogP contribution in [0.25, 0.3) is 0 Å². The van der Waals surface area contributed by atoms with Crippen molar-refractivity contribution in [3.63, 3.8) is 0 Å². The molecule has 114 valence electrons. The van der Waals surface area contributed by atoms with E-state index in [9.17, 15) is 9.90 Å². The zero-order chi connectivity index (χ0) is 14.6. The first-order valence-electron chi connectivity index (χ1n) is 6.69. The molecule has 0 saturated carbocycles. The standard InChI is InChI=1S/C13H27NO5/c1-4-13(14-2,12(15)16)6-5-7-18-10-11-19-9-8-17-3/h14H,4-11H2,1-3H3,(H,15,16). The molecule has 6 heteroatoms. The molecule has 6 nitrogen and oxygen atoms in total. The van der Waals surface area contributed by atoms with Crippen LogP contribution in [0.4, 0.5) is 0 Å². The van der Waals surface area contributed by atoms with Crippen LogP contribution in [0.15, 0.2) is 0 Å². The second-order valence-electron chi connectivity index (χ2n) is 4.31. The molecule has 0 rings (SSSR count). The summed E-state index contributed by atoms with van der Waals surface area (Å²) in [5, 5.41) is 12.1. The van der Waals surface area contributed by atoms with Gasteiger partial charge in [0.15, 0.2) is 0 Å². The predicted molar refractivity (Wildman–Crippen MR) is 72.5 cm³/mol. The summed E-state index contributed by atoms with van der Waals surface area (Å²) in [6.07, 6.45) is 1.82. The lowest BCUT2D eigenvalue weighted by Crippen LogP contribution is -2.49. The van der Waals surface area contributed by atoms with Gasteiger partial charge in [-0.1, -0.05) is 6.92 Å². The van der Waals surface area contributed by atoms with Crippen LogP contribution < -0.4 is 5.32 Å². The Morgan fingerprint density at radius 2 is 1.74 bits per heavy atom. The van der Waals surface area contributed by atoms with Gasteiger partial charge in [0.05, 0.1) is 26.4 Å². The van der Waals surface area contributed by atoms with Crippen LogP contribution in [0.2, 0.25) is 0 Å². The number of hydrogen-bond donors (Lipinski definition) is 2. The smallest absolute Gasteiger partial charge is 0.323 e. The molecule has 0 fully saturated rings. The number of ether oxygens (including phenoxy) is 3. The second-order valence-corrected chi connectivity index (χ2v) is 4.31. The second kappa shape index (κ2) is 11.2. The molecule has 1 atom stereocenters. The van der Waals surface area contributed by atoms with Gasteiger partial charge in [-0.05, 0) is 26.3 Å². The van der Waals surface area contributed by atoms with E-state index in [1.165, 1.54) is 0 Å². The molecule has 0 aliphatic rings. The van der Waals surface area contributed by atoms with Gasteiger partial charge in [0.1, 0.15) is 5.54 Å². The summed E-state index contributed by atoms with van der Waals surface area (Å²) in [5.41, 5.74) is -0.835. The molecule has 0 aliphatic carbocycles. The molecule has 0 amide bonds. The lowest BCUT2D eigenvalue weighted by atomic mass is 9.91. The molecule has 1 unspecified atom stereocenters. The van der Waals surface area contributed by atoms with Crippen molar-refractivity contribution in [1.29, 1.82) is 0 Å². The molecule has 0 spiro atoms. The van der Waals surface area contributed by atoms with E-state index in [-0.39, 0.29) is 0 Å². The summed E-state index contributed by atoms with van der Waals surface area (Å²) in [4.78, 5) is 11.2. The Balaban J connectivity index is 3.59. The molecular formula is C13H27NO5. The van der Waals surface area contributed by atoms with Crippen LogP contribution in [0.3, 0.4) is 0 Å². The maximum absolute atomic E-state index is 11.2. The predicted octanol–water partition coefficient (Wildman–Crippen LogP) is 0.899. The number of methoxy groups -OCH3 is 1. The fourth-order valence-electron chi connectivity index (χ4n) is 1.78. The van der Waals surface area contributed by atoms with Gasteiger partial charge in [0.25, 0.3) is 0 Å². The van der Waals surface area contributed by atoms with Gasteiger partial charge in [0.2, 0.25) is 0 Å². The van der Waals surface area contributed by atoms with Crippen molar-refractivity contribution in [2.75, 3.05) is 47.2 Å². The summed E-state index contributed by atoms with van der Waals surface area (Å²) in [6, 6.07) is 0. The van der Waals surface area contributed by atoms with E-state index < -0.39 is 11.5 Å². The summed E-state index contributed by atoms with van der Waals surface area (Å²) in [7, 11) is 3.31. The van der Waals surface area contributed by atoms with Crippen molar-refractivity contribution in [3.8, 4) is 0 Å². The third kappa shape index (κ3) is 7.47. The van der Waals surface area contributed by atoms with Crippen LogP contribution in [-0.2, 0) is 19.0 Å². The number of likely N-dealkylation sites (N-methyl/N-ethyl adjacent to an activating group) is 1. The van der Waals surface area contributed by atoms with Crippen molar-refractivity contribution < 1.29 is 24.1 Å². The first-order valence-corrected chi connectivity index (χ1v) is 6.69. The number of hydrogen-bond acceptors (Lipinski definition) is 5. The van der Waals surface area contributed by atoms with Gasteiger partial charge in [-0.3, -0.25) is 4.79 Å². The van der Waals surface area contributed by atoms with Gasteiger partial charge < -0.3 is 24.6 Å². The average Bonchev–Trinajstić information content (AvgIpc) is 2.41.